The van der Waals surface area contributed by atoms with Crippen LogP contribution in [0.3, 0.4) is 0 Å². The van der Waals surface area contributed by atoms with E-state index in [-0.39, 0.29) is 12.1 Å². The standard InChI is InChI=1S/C14H23N3O2/c1-2-11(10-15)16-8-5-12(6-9-16)17-7-3-4-13(17)14(18)19/h11-13H,2-9H2,1H3,(H,18,19). The fourth-order valence-electron chi connectivity index (χ4n) is 3.45. The van der Waals surface area contributed by atoms with E-state index in [1.807, 2.05) is 6.92 Å². The van der Waals surface area contributed by atoms with Gasteiger partial charge in [-0.2, -0.15) is 5.26 Å². The lowest BCUT2D eigenvalue weighted by molar-refractivity contribution is -0.143. The van der Waals surface area contributed by atoms with Gasteiger partial charge >= 0.3 is 5.97 Å². The molecule has 0 aromatic rings. The highest BCUT2D eigenvalue weighted by atomic mass is 16.4. The number of piperidine rings is 1. The van der Waals surface area contributed by atoms with Gasteiger partial charge in [-0.15, -0.1) is 0 Å². The number of carboxylic acid groups (broad SMARTS) is 1. The van der Waals surface area contributed by atoms with Gasteiger partial charge in [0, 0.05) is 19.1 Å². The summed E-state index contributed by atoms with van der Waals surface area (Å²) in [5, 5.41) is 18.3. The first kappa shape index (κ1) is 14.3. The lowest BCUT2D eigenvalue weighted by atomic mass is 10.00. The number of carboxylic acids is 1. The van der Waals surface area contributed by atoms with E-state index in [1.165, 1.54) is 0 Å². The lowest BCUT2D eigenvalue weighted by Gasteiger charge is -2.39. The van der Waals surface area contributed by atoms with Crippen molar-refractivity contribution >= 4 is 5.97 Å². The number of likely N-dealkylation sites (tertiary alicyclic amines) is 2. The fraction of sp³-hybridized carbons (Fsp3) is 0.857. The quantitative estimate of drug-likeness (QED) is 0.830. The number of aliphatic carboxylic acids is 1. The van der Waals surface area contributed by atoms with Crippen LogP contribution in [-0.2, 0) is 4.79 Å². The second-order valence-corrected chi connectivity index (χ2v) is 5.55. The summed E-state index contributed by atoms with van der Waals surface area (Å²) in [5.41, 5.74) is 0. The zero-order valence-corrected chi connectivity index (χ0v) is 11.6. The summed E-state index contributed by atoms with van der Waals surface area (Å²) in [6.45, 7) is 4.79. The largest absolute Gasteiger partial charge is 0.480 e. The van der Waals surface area contributed by atoms with Crippen molar-refractivity contribution in [3.05, 3.63) is 0 Å². The van der Waals surface area contributed by atoms with Crippen LogP contribution in [0.2, 0.25) is 0 Å². The summed E-state index contributed by atoms with van der Waals surface area (Å²) in [5.74, 6) is -0.677. The average molecular weight is 265 g/mol. The van der Waals surface area contributed by atoms with Gasteiger partial charge in [0.1, 0.15) is 6.04 Å². The topological polar surface area (TPSA) is 67.6 Å². The number of hydrogen-bond donors (Lipinski definition) is 1. The minimum Gasteiger partial charge on any atom is -0.480 e. The van der Waals surface area contributed by atoms with Crippen molar-refractivity contribution in [1.82, 2.24) is 9.80 Å². The Labute approximate surface area is 114 Å². The maximum absolute atomic E-state index is 11.2. The van der Waals surface area contributed by atoms with Crippen LogP contribution in [0, 0.1) is 11.3 Å². The molecule has 2 aliphatic rings. The molecule has 0 spiro atoms. The Hall–Kier alpha value is -1.12. The summed E-state index contributed by atoms with van der Waals surface area (Å²) in [4.78, 5) is 15.6. The summed E-state index contributed by atoms with van der Waals surface area (Å²) >= 11 is 0. The third-order valence-electron chi connectivity index (χ3n) is 4.52. The minimum absolute atomic E-state index is 0.0230. The monoisotopic (exact) mass is 265 g/mol. The Morgan fingerprint density at radius 3 is 2.58 bits per heavy atom. The van der Waals surface area contributed by atoms with Crippen molar-refractivity contribution in [2.24, 2.45) is 0 Å². The number of carbonyl (C=O) groups is 1. The molecule has 2 unspecified atom stereocenters. The molecule has 5 heteroatoms. The van der Waals surface area contributed by atoms with Gasteiger partial charge in [0.25, 0.3) is 0 Å². The van der Waals surface area contributed by atoms with Gasteiger partial charge < -0.3 is 5.11 Å². The Kier molecular flexibility index (Phi) is 4.78. The van der Waals surface area contributed by atoms with Crippen molar-refractivity contribution in [3.8, 4) is 6.07 Å². The number of hydrogen-bond acceptors (Lipinski definition) is 4. The highest BCUT2D eigenvalue weighted by Crippen LogP contribution is 2.27. The van der Waals surface area contributed by atoms with Gasteiger partial charge in [0.15, 0.2) is 0 Å². The average Bonchev–Trinajstić information content (AvgIpc) is 2.90. The molecule has 19 heavy (non-hydrogen) atoms. The van der Waals surface area contributed by atoms with E-state index in [0.717, 1.165) is 51.7 Å². The molecule has 2 atom stereocenters. The molecule has 0 amide bonds. The zero-order valence-electron chi connectivity index (χ0n) is 11.6. The first-order chi connectivity index (χ1) is 9.17. The zero-order chi connectivity index (χ0) is 13.8. The molecule has 2 rings (SSSR count). The van der Waals surface area contributed by atoms with Crippen LogP contribution < -0.4 is 0 Å². The Balaban J connectivity index is 1.89. The van der Waals surface area contributed by atoms with E-state index in [4.69, 9.17) is 5.26 Å². The van der Waals surface area contributed by atoms with Crippen LogP contribution in [-0.4, -0.2) is 58.6 Å². The Morgan fingerprint density at radius 2 is 2.05 bits per heavy atom. The highest BCUT2D eigenvalue weighted by Gasteiger charge is 2.37. The smallest absolute Gasteiger partial charge is 0.320 e. The molecule has 2 fully saturated rings. The Bertz CT molecular complexity index is 358. The number of nitriles is 1. The molecule has 106 valence electrons. The van der Waals surface area contributed by atoms with E-state index in [1.54, 1.807) is 0 Å². The van der Waals surface area contributed by atoms with Crippen LogP contribution in [0.25, 0.3) is 0 Å². The maximum Gasteiger partial charge on any atom is 0.320 e. The lowest BCUT2D eigenvalue weighted by Crippen LogP contribution is -2.50. The predicted molar refractivity (Wildman–Crippen MR) is 71.7 cm³/mol. The molecule has 2 heterocycles. The first-order valence-electron chi connectivity index (χ1n) is 7.29. The third-order valence-corrected chi connectivity index (χ3v) is 4.52. The summed E-state index contributed by atoms with van der Waals surface area (Å²) < 4.78 is 0. The normalized spacial score (nSPS) is 28.1. The Morgan fingerprint density at radius 1 is 1.37 bits per heavy atom. The van der Waals surface area contributed by atoms with E-state index >= 15 is 0 Å². The van der Waals surface area contributed by atoms with Crippen LogP contribution in [0.4, 0.5) is 0 Å². The summed E-state index contributed by atoms with van der Waals surface area (Å²) in [7, 11) is 0. The molecule has 0 saturated carbocycles. The summed E-state index contributed by atoms with van der Waals surface area (Å²) in [6, 6.07) is 2.48. The van der Waals surface area contributed by atoms with E-state index < -0.39 is 5.97 Å². The minimum atomic E-state index is -0.677. The van der Waals surface area contributed by atoms with Gasteiger partial charge in [0.05, 0.1) is 12.1 Å². The molecule has 2 aliphatic heterocycles. The van der Waals surface area contributed by atoms with Crippen LogP contribution in [0.1, 0.15) is 39.0 Å². The first-order valence-corrected chi connectivity index (χ1v) is 7.29. The molecular formula is C14H23N3O2. The predicted octanol–water partition coefficient (Wildman–Crippen LogP) is 1.30. The van der Waals surface area contributed by atoms with Crippen LogP contribution in [0.15, 0.2) is 0 Å². The van der Waals surface area contributed by atoms with Crippen molar-refractivity contribution in [2.45, 2.75) is 57.2 Å². The maximum atomic E-state index is 11.2. The molecule has 0 radical (unpaired) electrons. The van der Waals surface area contributed by atoms with Crippen molar-refractivity contribution < 1.29 is 9.90 Å². The number of nitrogens with zero attached hydrogens (tertiary/aromatic N) is 3. The van der Waals surface area contributed by atoms with E-state index in [0.29, 0.717) is 6.04 Å². The van der Waals surface area contributed by atoms with Gasteiger partial charge in [-0.05, 0) is 38.6 Å². The van der Waals surface area contributed by atoms with Crippen molar-refractivity contribution in [1.29, 1.82) is 5.26 Å². The third kappa shape index (κ3) is 3.07. The van der Waals surface area contributed by atoms with Crippen LogP contribution >= 0.6 is 0 Å². The second kappa shape index (κ2) is 6.36. The van der Waals surface area contributed by atoms with E-state index in [2.05, 4.69) is 15.9 Å². The summed E-state index contributed by atoms with van der Waals surface area (Å²) in [6.07, 6.45) is 4.62. The van der Waals surface area contributed by atoms with Gasteiger partial charge in [-0.25, -0.2) is 0 Å². The van der Waals surface area contributed by atoms with Crippen molar-refractivity contribution in [2.75, 3.05) is 19.6 Å². The fourth-order valence-corrected chi connectivity index (χ4v) is 3.45. The van der Waals surface area contributed by atoms with Gasteiger partial charge in [-0.3, -0.25) is 14.6 Å². The molecule has 1 N–H and O–H groups in total. The highest BCUT2D eigenvalue weighted by molar-refractivity contribution is 5.73. The second-order valence-electron chi connectivity index (χ2n) is 5.55. The molecule has 0 bridgehead atoms. The van der Waals surface area contributed by atoms with Crippen molar-refractivity contribution in [3.63, 3.8) is 0 Å². The van der Waals surface area contributed by atoms with Gasteiger partial charge in [-0.1, -0.05) is 6.92 Å². The molecule has 0 aromatic heterocycles. The molecule has 2 saturated heterocycles. The molecule has 0 aliphatic carbocycles. The molecule has 0 aromatic carbocycles. The van der Waals surface area contributed by atoms with E-state index in [9.17, 15) is 9.90 Å². The molecular weight excluding hydrogens is 242 g/mol. The number of rotatable bonds is 4. The molecule has 5 nitrogen and oxygen atoms in total. The SMILES string of the molecule is CCC(C#N)N1CCC(N2CCCC2C(=O)O)CC1. The van der Waals surface area contributed by atoms with Gasteiger partial charge in [0.2, 0.25) is 0 Å². The van der Waals surface area contributed by atoms with Crippen LogP contribution in [0.5, 0.6) is 0 Å².